The van der Waals surface area contributed by atoms with Crippen LogP contribution in [0.2, 0.25) is 5.02 Å². The maximum atomic E-state index is 13.3. The lowest BCUT2D eigenvalue weighted by molar-refractivity contribution is 0.174. The molecule has 0 bridgehead atoms. The molecule has 0 saturated heterocycles. The molecule has 1 aromatic heterocycles. The molecule has 0 atom stereocenters. The van der Waals surface area contributed by atoms with Gasteiger partial charge in [0.1, 0.15) is 17.5 Å². The molecule has 38 heavy (non-hydrogen) atoms. The van der Waals surface area contributed by atoms with Gasteiger partial charge in [0.2, 0.25) is 6.79 Å². The summed E-state index contributed by atoms with van der Waals surface area (Å²) in [5.74, 6) is 2.65. The predicted molar refractivity (Wildman–Crippen MR) is 153 cm³/mol. The number of aromatic nitrogens is 2. The number of hydrogen-bond donors (Lipinski definition) is 0. The van der Waals surface area contributed by atoms with Crippen LogP contribution in [0.15, 0.2) is 61.3 Å². The fourth-order valence-electron chi connectivity index (χ4n) is 3.94. The van der Waals surface area contributed by atoms with Crippen LogP contribution >= 0.6 is 43.5 Å². The van der Waals surface area contributed by atoms with Crippen LogP contribution in [0.25, 0.3) is 10.9 Å². The Morgan fingerprint density at radius 1 is 1.16 bits per heavy atom. The van der Waals surface area contributed by atoms with E-state index in [-0.39, 0.29) is 24.9 Å². The van der Waals surface area contributed by atoms with Gasteiger partial charge >= 0.3 is 0 Å². The summed E-state index contributed by atoms with van der Waals surface area (Å²) < 4.78 is 25.0. The van der Waals surface area contributed by atoms with E-state index in [9.17, 15) is 4.79 Å². The molecule has 8 nitrogen and oxygen atoms in total. The van der Waals surface area contributed by atoms with Gasteiger partial charge in [-0.1, -0.05) is 47.4 Å². The highest BCUT2D eigenvalue weighted by atomic mass is 79.9. The second-order valence-corrected chi connectivity index (χ2v) is 10.8. The number of nitrogens with zero attached hydrogens (tertiary/aromatic N) is 3. The molecule has 1 aliphatic rings. The minimum atomic E-state index is -0.269. The quantitative estimate of drug-likeness (QED) is 0.200. The molecule has 0 aliphatic carbocycles. The summed E-state index contributed by atoms with van der Waals surface area (Å²) in [6.07, 6.45) is 1.54. The van der Waals surface area contributed by atoms with E-state index >= 15 is 0 Å². The smallest absolute Gasteiger partial charge is 0.282 e. The molecule has 11 heteroatoms. The second-order valence-electron chi connectivity index (χ2n) is 8.75. The van der Waals surface area contributed by atoms with Crippen LogP contribution in [0.4, 0.5) is 0 Å². The van der Waals surface area contributed by atoms with Gasteiger partial charge in [0.25, 0.3) is 5.56 Å². The zero-order valence-electron chi connectivity index (χ0n) is 20.6. The van der Waals surface area contributed by atoms with Gasteiger partial charge in [-0.25, -0.2) is 4.98 Å². The molecule has 0 amide bonds. The number of benzene rings is 3. The Balaban J connectivity index is 1.48. The van der Waals surface area contributed by atoms with Crippen molar-refractivity contribution in [1.29, 1.82) is 0 Å². The van der Waals surface area contributed by atoms with Crippen molar-refractivity contribution < 1.29 is 18.9 Å². The second kappa shape index (κ2) is 11.0. The molecule has 1 aliphatic heterocycles. The van der Waals surface area contributed by atoms with Crippen molar-refractivity contribution in [3.8, 4) is 23.0 Å². The molecule has 4 aromatic rings. The molecular weight excluding hydrogens is 642 g/mol. The standard InChI is InChI=1S/C27H22Br2ClN3O5/c1-14(2)26-32-19-6-5-17(28)10-18(19)27(34)33(26)31-11-16-9-22(35-3)25(24(30)23(16)29)36-12-15-4-7-20-21(8-15)38-13-37-20/h4-11,14H,12-13H2,1-3H3. The number of hydrogen-bond acceptors (Lipinski definition) is 7. The van der Waals surface area contributed by atoms with E-state index in [1.54, 1.807) is 18.3 Å². The summed E-state index contributed by atoms with van der Waals surface area (Å²) >= 11 is 13.7. The molecule has 2 heterocycles. The summed E-state index contributed by atoms with van der Waals surface area (Å²) in [5, 5.41) is 5.27. The number of halogens is 3. The van der Waals surface area contributed by atoms with E-state index < -0.39 is 0 Å². The van der Waals surface area contributed by atoms with Gasteiger partial charge < -0.3 is 18.9 Å². The van der Waals surface area contributed by atoms with Crippen LogP contribution in [0.3, 0.4) is 0 Å². The molecule has 3 aromatic carbocycles. The lowest BCUT2D eigenvalue weighted by Crippen LogP contribution is -2.23. The lowest BCUT2D eigenvalue weighted by Gasteiger charge is -2.16. The maximum absolute atomic E-state index is 13.3. The zero-order valence-corrected chi connectivity index (χ0v) is 24.6. The molecule has 0 saturated carbocycles. The third kappa shape index (κ3) is 5.12. The molecular formula is C27H22Br2ClN3O5. The van der Waals surface area contributed by atoms with Crippen LogP contribution in [-0.4, -0.2) is 29.8 Å². The van der Waals surface area contributed by atoms with E-state index in [2.05, 4.69) is 41.9 Å². The Morgan fingerprint density at radius 2 is 1.95 bits per heavy atom. The summed E-state index contributed by atoms with van der Waals surface area (Å²) in [6, 6.07) is 12.7. The Hall–Kier alpha value is -3.08. The molecule has 0 radical (unpaired) electrons. The van der Waals surface area contributed by atoms with Gasteiger partial charge in [0.05, 0.1) is 24.2 Å². The SMILES string of the molecule is COc1cc(C=Nn2c(C(C)C)nc3ccc(Br)cc3c2=O)c(Br)c(Cl)c1OCc1ccc2c(c1)OCO2. The van der Waals surface area contributed by atoms with Crippen molar-refractivity contribution in [2.75, 3.05) is 13.9 Å². The summed E-state index contributed by atoms with van der Waals surface area (Å²) in [6.45, 7) is 4.35. The van der Waals surface area contributed by atoms with Crippen molar-refractivity contribution in [3.05, 3.63) is 83.7 Å². The Bertz CT molecular complexity index is 1640. The normalized spacial score (nSPS) is 12.6. The van der Waals surface area contributed by atoms with Crippen molar-refractivity contribution in [1.82, 2.24) is 9.66 Å². The summed E-state index contributed by atoms with van der Waals surface area (Å²) in [5.41, 5.74) is 1.82. The Labute approximate surface area is 240 Å². The molecule has 0 fully saturated rings. The fourth-order valence-corrected chi connectivity index (χ4v) is 4.96. The van der Waals surface area contributed by atoms with Gasteiger partial charge in [0.15, 0.2) is 23.0 Å². The topological polar surface area (TPSA) is 84.2 Å². The van der Waals surface area contributed by atoms with Gasteiger partial charge in [-0.3, -0.25) is 4.79 Å². The largest absolute Gasteiger partial charge is 0.493 e. The van der Waals surface area contributed by atoms with Crippen molar-refractivity contribution in [2.24, 2.45) is 5.10 Å². The van der Waals surface area contributed by atoms with E-state index in [0.717, 1.165) is 10.0 Å². The zero-order chi connectivity index (χ0) is 27.0. The number of ether oxygens (including phenoxy) is 4. The van der Waals surface area contributed by atoms with Crippen molar-refractivity contribution in [3.63, 3.8) is 0 Å². The molecule has 0 N–H and O–H groups in total. The van der Waals surface area contributed by atoms with Gasteiger partial charge in [0, 0.05) is 20.4 Å². The lowest BCUT2D eigenvalue weighted by atomic mass is 10.2. The summed E-state index contributed by atoms with van der Waals surface area (Å²) in [7, 11) is 1.53. The monoisotopic (exact) mass is 661 g/mol. The third-order valence-electron chi connectivity index (χ3n) is 5.86. The average molecular weight is 664 g/mol. The number of methoxy groups -OCH3 is 1. The highest BCUT2D eigenvalue weighted by Gasteiger charge is 2.19. The van der Waals surface area contributed by atoms with E-state index in [1.165, 1.54) is 11.8 Å². The van der Waals surface area contributed by atoms with E-state index in [0.29, 0.717) is 54.8 Å². The first-order valence-corrected chi connectivity index (χ1v) is 13.6. The van der Waals surface area contributed by atoms with Crippen LogP contribution in [0, 0.1) is 0 Å². The predicted octanol–water partition coefficient (Wildman–Crippen LogP) is 6.90. The minimum Gasteiger partial charge on any atom is -0.493 e. The first-order chi connectivity index (χ1) is 18.3. The highest BCUT2D eigenvalue weighted by molar-refractivity contribution is 9.10. The van der Waals surface area contributed by atoms with Crippen LogP contribution in [-0.2, 0) is 6.61 Å². The van der Waals surface area contributed by atoms with Gasteiger partial charge in [-0.15, -0.1) is 0 Å². The Kier molecular flexibility index (Phi) is 7.65. The first-order valence-electron chi connectivity index (χ1n) is 11.6. The maximum Gasteiger partial charge on any atom is 0.282 e. The number of fused-ring (bicyclic) bond motifs is 2. The van der Waals surface area contributed by atoms with E-state index in [4.69, 9.17) is 30.5 Å². The van der Waals surface area contributed by atoms with Gasteiger partial charge in [-0.05, 0) is 57.9 Å². The molecule has 5 rings (SSSR count). The summed E-state index contributed by atoms with van der Waals surface area (Å²) in [4.78, 5) is 18.0. The molecule has 0 spiro atoms. The molecule has 0 unspecified atom stereocenters. The number of rotatable bonds is 7. The van der Waals surface area contributed by atoms with Gasteiger partial charge in [-0.2, -0.15) is 9.78 Å². The van der Waals surface area contributed by atoms with Crippen LogP contribution in [0.1, 0.15) is 36.7 Å². The third-order valence-corrected chi connectivity index (χ3v) is 7.79. The first kappa shape index (κ1) is 26.5. The van der Waals surface area contributed by atoms with Crippen LogP contribution < -0.4 is 24.5 Å². The Morgan fingerprint density at radius 3 is 2.71 bits per heavy atom. The van der Waals surface area contributed by atoms with Crippen molar-refractivity contribution in [2.45, 2.75) is 26.4 Å². The fraction of sp³-hybridized carbons (Fsp3) is 0.222. The van der Waals surface area contributed by atoms with Crippen molar-refractivity contribution >= 4 is 60.6 Å². The average Bonchev–Trinajstić information content (AvgIpc) is 3.37. The minimum absolute atomic E-state index is 0.0404. The van der Waals surface area contributed by atoms with E-state index in [1.807, 2.05) is 44.2 Å². The molecule has 196 valence electrons. The van der Waals surface area contributed by atoms with Crippen LogP contribution in [0.5, 0.6) is 23.0 Å². The highest BCUT2D eigenvalue weighted by Crippen LogP contribution is 2.43.